The number of benzene rings is 2. The Kier molecular flexibility index (Phi) is 4.25. The minimum Gasteiger partial charge on any atom is -0.311 e. The van der Waals surface area contributed by atoms with Crippen molar-refractivity contribution < 1.29 is 4.79 Å². The number of nitrogens with zero attached hydrogens (tertiary/aromatic N) is 2. The van der Waals surface area contributed by atoms with E-state index in [2.05, 4.69) is 36.1 Å². The Balaban J connectivity index is 1.64. The molecule has 0 spiro atoms. The third-order valence-corrected chi connectivity index (χ3v) is 4.29. The van der Waals surface area contributed by atoms with Crippen LogP contribution in [0, 0.1) is 6.92 Å². The van der Waals surface area contributed by atoms with E-state index in [1.54, 1.807) is 0 Å². The first-order valence-electron chi connectivity index (χ1n) is 7.76. The number of hydrogen-bond acceptors (Lipinski definition) is 2. The van der Waals surface area contributed by atoms with Gasteiger partial charge in [-0.15, -0.1) is 0 Å². The number of amides is 1. The van der Waals surface area contributed by atoms with Gasteiger partial charge in [0.2, 0.25) is 5.91 Å². The van der Waals surface area contributed by atoms with Crippen molar-refractivity contribution in [1.82, 2.24) is 4.90 Å². The van der Waals surface area contributed by atoms with Gasteiger partial charge in [-0.05, 0) is 43.1 Å². The van der Waals surface area contributed by atoms with Crippen LogP contribution >= 0.6 is 0 Å². The number of rotatable bonds is 4. The number of hydrogen-bond donors (Lipinski definition) is 0. The number of para-hydroxylation sites is 1. The molecular weight excluding hydrogens is 272 g/mol. The molecule has 1 heterocycles. The van der Waals surface area contributed by atoms with Crippen LogP contribution in [0.2, 0.25) is 0 Å². The van der Waals surface area contributed by atoms with E-state index in [-0.39, 0.29) is 5.91 Å². The van der Waals surface area contributed by atoms with Crippen LogP contribution in [-0.2, 0) is 17.8 Å². The maximum absolute atomic E-state index is 12.6. The van der Waals surface area contributed by atoms with Crippen molar-refractivity contribution >= 4 is 11.6 Å². The summed E-state index contributed by atoms with van der Waals surface area (Å²) in [4.78, 5) is 16.6. The van der Waals surface area contributed by atoms with Crippen molar-refractivity contribution in [2.24, 2.45) is 0 Å². The van der Waals surface area contributed by atoms with Gasteiger partial charge in [0.15, 0.2) is 0 Å². The fourth-order valence-corrected chi connectivity index (χ4v) is 3.05. The van der Waals surface area contributed by atoms with E-state index in [1.807, 2.05) is 36.2 Å². The average Bonchev–Trinajstić information content (AvgIpc) is 2.93. The summed E-state index contributed by atoms with van der Waals surface area (Å²) in [7, 11) is 2.01. The third-order valence-electron chi connectivity index (χ3n) is 4.29. The predicted octanol–water partition coefficient (Wildman–Crippen LogP) is 3.02. The molecule has 0 aromatic heterocycles. The second-order valence-corrected chi connectivity index (χ2v) is 6.02. The number of anilines is 1. The minimum absolute atomic E-state index is 0.182. The van der Waals surface area contributed by atoms with Gasteiger partial charge in [0.25, 0.3) is 0 Å². The lowest BCUT2D eigenvalue weighted by Crippen LogP contribution is -2.37. The zero-order chi connectivity index (χ0) is 15.5. The summed E-state index contributed by atoms with van der Waals surface area (Å²) in [6.45, 7) is 4.16. The van der Waals surface area contributed by atoms with Gasteiger partial charge in [-0.25, -0.2) is 0 Å². The molecule has 2 aromatic carbocycles. The van der Waals surface area contributed by atoms with Crippen molar-refractivity contribution in [1.29, 1.82) is 0 Å². The summed E-state index contributed by atoms with van der Waals surface area (Å²) in [6, 6.07) is 16.5. The molecule has 3 rings (SSSR count). The Hall–Kier alpha value is -2.13. The Bertz CT molecular complexity index is 681. The van der Waals surface area contributed by atoms with Crippen LogP contribution in [-0.4, -0.2) is 30.9 Å². The molecule has 1 aliphatic heterocycles. The van der Waals surface area contributed by atoms with Crippen LogP contribution in [0.4, 0.5) is 5.69 Å². The van der Waals surface area contributed by atoms with Crippen LogP contribution < -0.4 is 4.90 Å². The second-order valence-electron chi connectivity index (χ2n) is 6.02. The largest absolute Gasteiger partial charge is 0.311 e. The van der Waals surface area contributed by atoms with Gasteiger partial charge in [0.1, 0.15) is 0 Å². The van der Waals surface area contributed by atoms with Gasteiger partial charge in [-0.3, -0.25) is 9.69 Å². The molecule has 2 aromatic rings. The maximum Gasteiger partial charge on any atom is 0.241 e. The highest BCUT2D eigenvalue weighted by Gasteiger charge is 2.24. The van der Waals surface area contributed by atoms with Crippen molar-refractivity contribution in [3.8, 4) is 0 Å². The van der Waals surface area contributed by atoms with E-state index < -0.39 is 0 Å². The van der Waals surface area contributed by atoms with E-state index >= 15 is 0 Å². The van der Waals surface area contributed by atoms with Gasteiger partial charge in [-0.1, -0.05) is 42.5 Å². The summed E-state index contributed by atoms with van der Waals surface area (Å²) in [5.41, 5.74) is 4.90. The summed E-state index contributed by atoms with van der Waals surface area (Å²) in [5.74, 6) is 0.182. The quantitative estimate of drug-likeness (QED) is 0.865. The van der Waals surface area contributed by atoms with E-state index in [4.69, 9.17) is 0 Å². The molecule has 1 aliphatic rings. The molecule has 0 radical (unpaired) electrons. The Morgan fingerprint density at radius 2 is 1.86 bits per heavy atom. The summed E-state index contributed by atoms with van der Waals surface area (Å²) in [5, 5.41) is 0. The summed E-state index contributed by atoms with van der Waals surface area (Å²) in [6.07, 6.45) is 0.962. The Morgan fingerprint density at radius 1 is 1.14 bits per heavy atom. The van der Waals surface area contributed by atoms with Crippen LogP contribution in [0.3, 0.4) is 0 Å². The highest BCUT2D eigenvalue weighted by molar-refractivity contribution is 5.96. The standard InChI is InChI=1S/C19H22N2O/c1-15-7-3-4-9-17(15)13-20(2)14-19(22)21-12-11-16-8-5-6-10-18(16)21/h3-10H,11-14H2,1-2H3. The SMILES string of the molecule is Cc1ccccc1CN(C)CC(=O)N1CCc2ccccc21. The van der Waals surface area contributed by atoms with E-state index in [9.17, 15) is 4.79 Å². The molecule has 0 atom stereocenters. The van der Waals surface area contributed by atoms with Crippen molar-refractivity contribution in [2.75, 3.05) is 25.0 Å². The maximum atomic E-state index is 12.6. The van der Waals surface area contributed by atoms with Crippen LogP contribution in [0.25, 0.3) is 0 Å². The first kappa shape index (κ1) is 14.8. The van der Waals surface area contributed by atoms with Gasteiger partial charge >= 0.3 is 0 Å². The van der Waals surface area contributed by atoms with E-state index in [0.717, 1.165) is 25.2 Å². The number of fused-ring (bicyclic) bond motifs is 1. The number of aryl methyl sites for hydroxylation is 1. The summed E-state index contributed by atoms with van der Waals surface area (Å²) >= 11 is 0. The highest BCUT2D eigenvalue weighted by atomic mass is 16.2. The Morgan fingerprint density at radius 3 is 2.68 bits per heavy atom. The van der Waals surface area contributed by atoms with E-state index in [0.29, 0.717) is 6.54 Å². The van der Waals surface area contributed by atoms with Gasteiger partial charge in [0.05, 0.1) is 6.54 Å². The lowest BCUT2D eigenvalue weighted by Gasteiger charge is -2.22. The van der Waals surface area contributed by atoms with Gasteiger partial charge < -0.3 is 4.90 Å². The molecule has 1 amide bonds. The molecule has 0 fully saturated rings. The molecular formula is C19H22N2O. The zero-order valence-electron chi connectivity index (χ0n) is 13.2. The zero-order valence-corrected chi connectivity index (χ0v) is 13.2. The fourth-order valence-electron chi connectivity index (χ4n) is 3.05. The van der Waals surface area contributed by atoms with Crippen LogP contribution in [0.15, 0.2) is 48.5 Å². The van der Waals surface area contributed by atoms with Crippen molar-refractivity contribution in [3.63, 3.8) is 0 Å². The van der Waals surface area contributed by atoms with Gasteiger partial charge in [-0.2, -0.15) is 0 Å². The monoisotopic (exact) mass is 294 g/mol. The molecule has 0 aliphatic carbocycles. The van der Waals surface area contributed by atoms with E-state index in [1.165, 1.54) is 16.7 Å². The molecule has 0 saturated heterocycles. The first-order chi connectivity index (χ1) is 10.6. The molecule has 3 heteroatoms. The molecule has 3 nitrogen and oxygen atoms in total. The lowest BCUT2D eigenvalue weighted by atomic mass is 10.1. The molecule has 0 unspecified atom stereocenters. The smallest absolute Gasteiger partial charge is 0.241 e. The third kappa shape index (κ3) is 3.04. The van der Waals surface area contributed by atoms with Crippen LogP contribution in [0.1, 0.15) is 16.7 Å². The molecule has 0 bridgehead atoms. The Labute approximate surface area is 132 Å². The summed E-state index contributed by atoms with van der Waals surface area (Å²) < 4.78 is 0. The first-order valence-corrected chi connectivity index (χ1v) is 7.76. The minimum atomic E-state index is 0.182. The number of likely N-dealkylation sites (N-methyl/N-ethyl adjacent to an activating group) is 1. The number of carbonyl (C=O) groups excluding carboxylic acids is 1. The topological polar surface area (TPSA) is 23.6 Å². The predicted molar refractivity (Wildman–Crippen MR) is 90.0 cm³/mol. The van der Waals surface area contributed by atoms with Gasteiger partial charge in [0, 0.05) is 18.8 Å². The number of carbonyl (C=O) groups is 1. The molecule has 114 valence electrons. The van der Waals surface area contributed by atoms with Crippen molar-refractivity contribution in [3.05, 3.63) is 65.2 Å². The normalized spacial score (nSPS) is 13.5. The molecule has 22 heavy (non-hydrogen) atoms. The second kappa shape index (κ2) is 6.32. The van der Waals surface area contributed by atoms with Crippen LogP contribution in [0.5, 0.6) is 0 Å². The highest BCUT2D eigenvalue weighted by Crippen LogP contribution is 2.27. The lowest BCUT2D eigenvalue weighted by molar-refractivity contribution is -0.119. The molecule has 0 N–H and O–H groups in total. The van der Waals surface area contributed by atoms with Crippen molar-refractivity contribution in [2.45, 2.75) is 19.9 Å². The fraction of sp³-hybridized carbons (Fsp3) is 0.316. The molecule has 0 saturated carbocycles. The average molecular weight is 294 g/mol.